The Hall–Kier alpha value is -2.68. The second-order valence-corrected chi connectivity index (χ2v) is 4.38. The molecule has 0 aliphatic carbocycles. The number of pyridine rings is 1. The van der Waals surface area contributed by atoms with E-state index in [0.29, 0.717) is 5.56 Å². The minimum absolute atomic E-state index is 0.404. The third kappa shape index (κ3) is 2.18. The molecule has 0 spiro atoms. The summed E-state index contributed by atoms with van der Waals surface area (Å²) in [7, 11) is 0. The molecule has 3 heteroatoms. The van der Waals surface area contributed by atoms with Gasteiger partial charge in [-0.25, -0.2) is 0 Å². The summed E-state index contributed by atoms with van der Waals surface area (Å²) < 4.78 is 0. The van der Waals surface area contributed by atoms with E-state index in [2.05, 4.69) is 11.1 Å². The van der Waals surface area contributed by atoms with Crippen molar-refractivity contribution < 1.29 is 4.79 Å². The molecule has 1 amide bonds. The molecule has 0 saturated heterocycles. The van der Waals surface area contributed by atoms with E-state index in [9.17, 15) is 4.79 Å². The molecule has 19 heavy (non-hydrogen) atoms. The number of carbonyl (C=O) groups excluding carboxylic acids is 1. The van der Waals surface area contributed by atoms with Crippen molar-refractivity contribution in [2.24, 2.45) is 5.73 Å². The standard InChI is InChI=1S/C16H12N2O/c17-16(19)14-6-5-11-8-13(4-3-12(11)9-14)15-2-1-7-18-10-15/h1-10H,(H2,17,19). The summed E-state index contributed by atoms with van der Waals surface area (Å²) >= 11 is 0. The van der Waals surface area contributed by atoms with Crippen molar-refractivity contribution in [3.8, 4) is 11.1 Å². The monoisotopic (exact) mass is 248 g/mol. The van der Waals surface area contributed by atoms with E-state index in [1.807, 2.05) is 42.6 Å². The number of hydrogen-bond donors (Lipinski definition) is 1. The number of rotatable bonds is 2. The molecule has 0 bridgehead atoms. The van der Waals surface area contributed by atoms with Gasteiger partial charge in [0.05, 0.1) is 0 Å². The normalized spacial score (nSPS) is 10.5. The van der Waals surface area contributed by atoms with E-state index in [1.165, 1.54) is 0 Å². The number of aromatic nitrogens is 1. The Balaban J connectivity index is 2.12. The smallest absolute Gasteiger partial charge is 0.248 e. The molecule has 92 valence electrons. The van der Waals surface area contributed by atoms with Crippen LogP contribution >= 0.6 is 0 Å². The van der Waals surface area contributed by atoms with Gasteiger partial charge in [-0.2, -0.15) is 0 Å². The van der Waals surface area contributed by atoms with Gasteiger partial charge in [-0.3, -0.25) is 9.78 Å². The highest BCUT2D eigenvalue weighted by Gasteiger charge is 2.03. The molecule has 0 fully saturated rings. The zero-order chi connectivity index (χ0) is 13.2. The molecule has 1 aromatic heterocycles. The highest BCUT2D eigenvalue weighted by molar-refractivity contribution is 5.98. The highest BCUT2D eigenvalue weighted by Crippen LogP contribution is 2.24. The molecule has 0 aliphatic rings. The fourth-order valence-electron chi connectivity index (χ4n) is 2.11. The van der Waals surface area contributed by atoms with Crippen LogP contribution in [0.25, 0.3) is 21.9 Å². The molecule has 0 unspecified atom stereocenters. The van der Waals surface area contributed by atoms with Crippen molar-refractivity contribution >= 4 is 16.7 Å². The average molecular weight is 248 g/mol. The number of primary amides is 1. The van der Waals surface area contributed by atoms with Crippen LogP contribution in [0.3, 0.4) is 0 Å². The first-order chi connectivity index (χ1) is 9.24. The first kappa shape index (κ1) is 11.4. The van der Waals surface area contributed by atoms with Gasteiger partial charge in [-0.15, -0.1) is 0 Å². The molecule has 3 aromatic rings. The molecule has 0 saturated carbocycles. The summed E-state index contributed by atoms with van der Waals surface area (Å²) in [6.45, 7) is 0. The van der Waals surface area contributed by atoms with E-state index in [0.717, 1.165) is 21.9 Å². The lowest BCUT2D eigenvalue weighted by molar-refractivity contribution is 0.100. The summed E-state index contributed by atoms with van der Waals surface area (Å²) in [6.07, 6.45) is 3.59. The molecule has 2 N–H and O–H groups in total. The van der Waals surface area contributed by atoms with Gasteiger partial charge in [-0.05, 0) is 40.6 Å². The van der Waals surface area contributed by atoms with Crippen molar-refractivity contribution in [3.63, 3.8) is 0 Å². The molecule has 1 heterocycles. The van der Waals surface area contributed by atoms with Crippen LogP contribution in [0.1, 0.15) is 10.4 Å². The van der Waals surface area contributed by atoms with Crippen molar-refractivity contribution in [2.45, 2.75) is 0 Å². The predicted molar refractivity (Wildman–Crippen MR) is 75.7 cm³/mol. The largest absolute Gasteiger partial charge is 0.366 e. The van der Waals surface area contributed by atoms with Gasteiger partial charge in [-0.1, -0.05) is 24.3 Å². The number of fused-ring (bicyclic) bond motifs is 1. The van der Waals surface area contributed by atoms with Crippen molar-refractivity contribution in [3.05, 3.63) is 66.5 Å². The Kier molecular flexibility index (Phi) is 2.72. The lowest BCUT2D eigenvalue weighted by Gasteiger charge is -2.05. The van der Waals surface area contributed by atoms with Crippen molar-refractivity contribution in [1.82, 2.24) is 4.98 Å². The van der Waals surface area contributed by atoms with E-state index in [4.69, 9.17) is 5.73 Å². The summed E-state index contributed by atoms with van der Waals surface area (Å²) in [5.74, 6) is -0.404. The average Bonchev–Trinajstić information content (AvgIpc) is 2.47. The van der Waals surface area contributed by atoms with Gasteiger partial charge in [0.25, 0.3) is 0 Å². The maximum absolute atomic E-state index is 11.1. The van der Waals surface area contributed by atoms with Gasteiger partial charge in [0.2, 0.25) is 5.91 Å². The van der Waals surface area contributed by atoms with Crippen LogP contribution in [0.15, 0.2) is 60.9 Å². The van der Waals surface area contributed by atoms with Crippen molar-refractivity contribution in [1.29, 1.82) is 0 Å². The summed E-state index contributed by atoms with van der Waals surface area (Å²) in [4.78, 5) is 15.3. The number of hydrogen-bond acceptors (Lipinski definition) is 2. The van der Waals surface area contributed by atoms with Crippen LogP contribution in [-0.2, 0) is 0 Å². The van der Waals surface area contributed by atoms with Crippen LogP contribution in [0, 0.1) is 0 Å². The first-order valence-electron chi connectivity index (χ1n) is 5.98. The number of nitrogens with zero attached hydrogens (tertiary/aromatic N) is 1. The Labute approximate surface area is 110 Å². The molecule has 0 aliphatic heterocycles. The molecule has 3 rings (SSSR count). The summed E-state index contributed by atoms with van der Waals surface area (Å²) in [6, 6.07) is 15.5. The molecule has 0 atom stereocenters. The zero-order valence-corrected chi connectivity index (χ0v) is 10.2. The number of nitrogens with two attached hydrogens (primary N) is 1. The third-order valence-corrected chi connectivity index (χ3v) is 3.12. The van der Waals surface area contributed by atoms with E-state index >= 15 is 0 Å². The quantitative estimate of drug-likeness (QED) is 0.758. The van der Waals surface area contributed by atoms with Crippen LogP contribution in [0.4, 0.5) is 0 Å². The van der Waals surface area contributed by atoms with Crippen LogP contribution < -0.4 is 5.73 Å². The molecule has 0 radical (unpaired) electrons. The minimum atomic E-state index is -0.404. The lowest BCUT2D eigenvalue weighted by atomic mass is 10.0. The fraction of sp³-hybridized carbons (Fsp3) is 0. The van der Waals surface area contributed by atoms with E-state index in [1.54, 1.807) is 12.3 Å². The van der Waals surface area contributed by atoms with Gasteiger partial charge in [0.15, 0.2) is 0 Å². The van der Waals surface area contributed by atoms with Gasteiger partial charge < -0.3 is 5.73 Å². The minimum Gasteiger partial charge on any atom is -0.366 e. The van der Waals surface area contributed by atoms with Crippen LogP contribution in [0.2, 0.25) is 0 Å². The van der Waals surface area contributed by atoms with E-state index < -0.39 is 5.91 Å². The van der Waals surface area contributed by atoms with Crippen LogP contribution in [-0.4, -0.2) is 10.9 Å². The Bertz CT molecular complexity index is 751. The maximum Gasteiger partial charge on any atom is 0.248 e. The Morgan fingerprint density at radius 2 is 1.74 bits per heavy atom. The predicted octanol–water partition coefficient (Wildman–Crippen LogP) is 3.00. The number of carbonyl (C=O) groups is 1. The Morgan fingerprint density at radius 3 is 2.47 bits per heavy atom. The fourth-order valence-corrected chi connectivity index (χ4v) is 2.11. The topological polar surface area (TPSA) is 56.0 Å². The molecule has 3 nitrogen and oxygen atoms in total. The summed E-state index contributed by atoms with van der Waals surface area (Å²) in [5, 5.41) is 2.08. The number of amides is 1. The maximum atomic E-state index is 11.1. The van der Waals surface area contributed by atoms with Crippen LogP contribution in [0.5, 0.6) is 0 Å². The van der Waals surface area contributed by atoms with E-state index in [-0.39, 0.29) is 0 Å². The molecular formula is C16H12N2O. The lowest BCUT2D eigenvalue weighted by Crippen LogP contribution is -2.10. The molecular weight excluding hydrogens is 236 g/mol. The van der Waals surface area contributed by atoms with Gasteiger partial charge in [0.1, 0.15) is 0 Å². The zero-order valence-electron chi connectivity index (χ0n) is 10.2. The number of benzene rings is 2. The van der Waals surface area contributed by atoms with Gasteiger partial charge >= 0.3 is 0 Å². The van der Waals surface area contributed by atoms with Crippen molar-refractivity contribution in [2.75, 3.05) is 0 Å². The third-order valence-electron chi connectivity index (χ3n) is 3.12. The second-order valence-electron chi connectivity index (χ2n) is 4.38. The second kappa shape index (κ2) is 4.53. The summed E-state index contributed by atoms with van der Waals surface area (Å²) in [5.41, 5.74) is 7.98. The Morgan fingerprint density at radius 1 is 0.947 bits per heavy atom. The van der Waals surface area contributed by atoms with Gasteiger partial charge in [0, 0.05) is 23.5 Å². The first-order valence-corrected chi connectivity index (χ1v) is 5.98. The molecule has 2 aromatic carbocycles. The highest BCUT2D eigenvalue weighted by atomic mass is 16.1. The SMILES string of the molecule is NC(=O)c1ccc2cc(-c3cccnc3)ccc2c1.